The lowest BCUT2D eigenvalue weighted by molar-refractivity contribution is -0.139. The van der Waals surface area contributed by atoms with Crippen molar-refractivity contribution in [3.63, 3.8) is 0 Å². The molecule has 0 aromatic heterocycles. The number of aliphatic carboxylic acids is 1. The smallest absolute Gasteiger partial charge is 0.326 e. The lowest BCUT2D eigenvalue weighted by Gasteiger charge is -2.25. The van der Waals surface area contributed by atoms with Gasteiger partial charge in [-0.05, 0) is 73.2 Å². The van der Waals surface area contributed by atoms with Crippen LogP contribution in [0.5, 0.6) is 0 Å². The van der Waals surface area contributed by atoms with Gasteiger partial charge in [0.25, 0.3) is 5.91 Å². The van der Waals surface area contributed by atoms with Crippen molar-refractivity contribution < 1.29 is 14.7 Å². The molecule has 1 amide bonds. The Morgan fingerprint density at radius 1 is 1.12 bits per heavy atom. The van der Waals surface area contributed by atoms with Crippen LogP contribution in [0, 0.1) is 5.92 Å². The summed E-state index contributed by atoms with van der Waals surface area (Å²) >= 11 is 1.57. The molecule has 1 fully saturated rings. The number of benzene rings is 2. The third kappa shape index (κ3) is 7.88. The summed E-state index contributed by atoms with van der Waals surface area (Å²) in [6, 6.07) is 14.9. The van der Waals surface area contributed by atoms with Crippen LogP contribution in [0.25, 0.3) is 11.1 Å². The fourth-order valence-electron chi connectivity index (χ4n) is 4.74. The lowest BCUT2D eigenvalue weighted by Crippen LogP contribution is -2.41. The molecule has 6 heteroatoms. The molecular formula is C28H38N2O3S. The molecule has 0 heterocycles. The van der Waals surface area contributed by atoms with E-state index in [9.17, 15) is 14.7 Å². The van der Waals surface area contributed by atoms with E-state index in [1.54, 1.807) is 11.8 Å². The van der Waals surface area contributed by atoms with Crippen LogP contribution in [-0.2, 0) is 11.3 Å². The van der Waals surface area contributed by atoms with Gasteiger partial charge >= 0.3 is 5.97 Å². The van der Waals surface area contributed by atoms with E-state index in [0.717, 1.165) is 35.7 Å². The number of carboxylic acids is 1. The molecule has 0 aliphatic heterocycles. The number of amides is 1. The van der Waals surface area contributed by atoms with Gasteiger partial charge in [-0.15, -0.1) is 0 Å². The summed E-state index contributed by atoms with van der Waals surface area (Å²) in [7, 11) is 2.16. The number of carbonyl (C=O) groups is 2. The van der Waals surface area contributed by atoms with Gasteiger partial charge in [-0.3, -0.25) is 4.79 Å². The molecule has 2 N–H and O–H groups in total. The van der Waals surface area contributed by atoms with Gasteiger partial charge in [-0.2, -0.15) is 11.8 Å². The summed E-state index contributed by atoms with van der Waals surface area (Å²) in [4.78, 5) is 27.1. The number of thioether (sulfide) groups is 1. The Balaban J connectivity index is 1.75. The zero-order valence-electron chi connectivity index (χ0n) is 20.5. The molecule has 34 heavy (non-hydrogen) atoms. The lowest BCUT2D eigenvalue weighted by atomic mass is 9.87. The second kappa shape index (κ2) is 13.5. The van der Waals surface area contributed by atoms with E-state index in [-0.39, 0.29) is 5.91 Å². The number of rotatable bonds is 12. The Labute approximate surface area is 208 Å². The molecule has 1 saturated carbocycles. The summed E-state index contributed by atoms with van der Waals surface area (Å²) in [5.74, 6) is 0.189. The maximum Gasteiger partial charge on any atom is 0.326 e. The van der Waals surface area contributed by atoms with Gasteiger partial charge in [0, 0.05) is 12.1 Å². The van der Waals surface area contributed by atoms with E-state index < -0.39 is 12.0 Å². The molecule has 0 spiro atoms. The van der Waals surface area contributed by atoms with Gasteiger partial charge in [0.1, 0.15) is 6.04 Å². The van der Waals surface area contributed by atoms with Crippen molar-refractivity contribution in [2.75, 3.05) is 25.6 Å². The minimum absolute atomic E-state index is 0.343. The molecule has 5 nitrogen and oxygen atoms in total. The van der Waals surface area contributed by atoms with Crippen molar-refractivity contribution in [3.05, 3.63) is 59.7 Å². The molecule has 0 unspecified atom stereocenters. The zero-order valence-corrected chi connectivity index (χ0v) is 21.3. The Morgan fingerprint density at radius 3 is 2.53 bits per heavy atom. The minimum atomic E-state index is -1.00. The van der Waals surface area contributed by atoms with Crippen molar-refractivity contribution in [1.82, 2.24) is 10.2 Å². The first-order valence-electron chi connectivity index (χ1n) is 12.4. The Hall–Kier alpha value is -2.31. The van der Waals surface area contributed by atoms with Gasteiger partial charge in [0.2, 0.25) is 0 Å². The molecule has 184 valence electrons. The number of carbonyl (C=O) groups excluding carboxylic acids is 1. The molecule has 0 bridgehead atoms. The first-order valence-corrected chi connectivity index (χ1v) is 13.8. The molecule has 0 saturated heterocycles. The summed E-state index contributed by atoms with van der Waals surface area (Å²) in [5, 5.41) is 12.3. The largest absolute Gasteiger partial charge is 0.480 e. The van der Waals surface area contributed by atoms with Crippen LogP contribution in [-0.4, -0.2) is 53.5 Å². The molecular weight excluding hydrogens is 444 g/mol. The Morgan fingerprint density at radius 2 is 1.85 bits per heavy atom. The second-order valence-corrected chi connectivity index (χ2v) is 10.4. The van der Waals surface area contributed by atoms with Crippen molar-refractivity contribution >= 4 is 23.6 Å². The predicted octanol–water partition coefficient (Wildman–Crippen LogP) is 5.69. The van der Waals surface area contributed by atoms with E-state index in [0.29, 0.717) is 17.7 Å². The topological polar surface area (TPSA) is 69.6 Å². The first kappa shape index (κ1) is 26.3. The average molecular weight is 483 g/mol. The molecule has 0 radical (unpaired) electrons. The van der Waals surface area contributed by atoms with E-state index >= 15 is 0 Å². The highest BCUT2D eigenvalue weighted by Crippen LogP contribution is 2.28. The normalized spacial score (nSPS) is 15.3. The maximum absolute atomic E-state index is 13.1. The maximum atomic E-state index is 13.1. The van der Waals surface area contributed by atoms with E-state index in [1.165, 1.54) is 38.5 Å². The van der Waals surface area contributed by atoms with Crippen LogP contribution >= 0.6 is 11.8 Å². The fraction of sp³-hybridized carbons (Fsp3) is 0.500. The van der Waals surface area contributed by atoms with Gasteiger partial charge in [0.15, 0.2) is 0 Å². The molecule has 1 atom stereocenters. The highest BCUT2D eigenvalue weighted by Gasteiger charge is 2.22. The van der Waals surface area contributed by atoms with Gasteiger partial charge in [0.05, 0.1) is 0 Å². The summed E-state index contributed by atoms with van der Waals surface area (Å²) in [6.07, 6.45) is 10.4. The van der Waals surface area contributed by atoms with Gasteiger partial charge in [-0.25, -0.2) is 4.79 Å². The van der Waals surface area contributed by atoms with Crippen LogP contribution in [0.15, 0.2) is 48.5 Å². The van der Waals surface area contributed by atoms with Crippen LogP contribution < -0.4 is 5.32 Å². The van der Waals surface area contributed by atoms with Gasteiger partial charge < -0.3 is 15.3 Å². The summed E-state index contributed by atoms with van der Waals surface area (Å²) in [6.45, 7) is 1.89. The van der Waals surface area contributed by atoms with Crippen molar-refractivity contribution in [3.8, 4) is 11.1 Å². The van der Waals surface area contributed by atoms with Crippen LogP contribution in [0.1, 0.15) is 60.9 Å². The van der Waals surface area contributed by atoms with Crippen molar-refractivity contribution in [1.29, 1.82) is 0 Å². The SMILES string of the molecule is CSCC[C@H](NC(=O)c1ccc(CN(C)CCC2CCCCC2)cc1-c1ccccc1)C(=O)O. The first-order chi connectivity index (χ1) is 16.5. The monoisotopic (exact) mass is 482 g/mol. The highest BCUT2D eigenvalue weighted by atomic mass is 32.2. The third-order valence-corrected chi connectivity index (χ3v) is 7.37. The quantitative estimate of drug-likeness (QED) is 0.407. The van der Waals surface area contributed by atoms with E-state index in [1.807, 2.05) is 48.7 Å². The summed E-state index contributed by atoms with van der Waals surface area (Å²) < 4.78 is 0. The van der Waals surface area contributed by atoms with E-state index in [4.69, 9.17) is 0 Å². The van der Waals surface area contributed by atoms with Gasteiger partial charge in [-0.1, -0.05) is 68.5 Å². The van der Waals surface area contributed by atoms with Crippen molar-refractivity contribution in [2.24, 2.45) is 5.92 Å². The number of nitrogens with zero attached hydrogens (tertiary/aromatic N) is 1. The van der Waals surface area contributed by atoms with Crippen LogP contribution in [0.2, 0.25) is 0 Å². The molecule has 2 aromatic carbocycles. The standard InChI is InChI=1S/C28H38N2O3S/c1-30(17-15-21-9-5-3-6-10-21)20-22-13-14-24(25(19-22)23-11-7-4-8-12-23)27(31)29-26(28(32)33)16-18-34-2/h4,7-8,11-14,19,21,26H,3,5-6,9-10,15-18,20H2,1-2H3,(H,29,31)(H,32,33)/t26-/m0/s1. The number of hydrogen-bond donors (Lipinski definition) is 2. The Kier molecular flexibility index (Phi) is 10.5. The second-order valence-electron chi connectivity index (χ2n) is 9.42. The highest BCUT2D eigenvalue weighted by molar-refractivity contribution is 7.98. The number of hydrogen-bond acceptors (Lipinski definition) is 4. The van der Waals surface area contributed by atoms with E-state index in [2.05, 4.69) is 23.3 Å². The molecule has 2 aromatic rings. The minimum Gasteiger partial charge on any atom is -0.480 e. The van der Waals surface area contributed by atoms with Crippen LogP contribution in [0.3, 0.4) is 0 Å². The molecule has 1 aliphatic rings. The fourth-order valence-corrected chi connectivity index (χ4v) is 5.21. The molecule has 3 rings (SSSR count). The zero-order chi connectivity index (χ0) is 24.3. The predicted molar refractivity (Wildman–Crippen MR) is 141 cm³/mol. The number of nitrogens with one attached hydrogen (secondary N) is 1. The van der Waals surface area contributed by atoms with Crippen LogP contribution in [0.4, 0.5) is 0 Å². The molecule has 1 aliphatic carbocycles. The number of carboxylic acid groups (broad SMARTS) is 1. The summed E-state index contributed by atoms with van der Waals surface area (Å²) in [5.41, 5.74) is 3.45. The third-order valence-electron chi connectivity index (χ3n) is 6.72. The Bertz CT molecular complexity index is 929. The average Bonchev–Trinajstić information content (AvgIpc) is 2.86. The van der Waals surface area contributed by atoms with Crippen molar-refractivity contribution in [2.45, 2.75) is 57.5 Å².